The molecule has 3 aliphatic rings. The van der Waals surface area contributed by atoms with Crippen LogP contribution in [0, 0.1) is 5.92 Å². The van der Waals surface area contributed by atoms with E-state index in [0.29, 0.717) is 25.6 Å². The first-order chi connectivity index (χ1) is 11.6. The summed E-state index contributed by atoms with van der Waals surface area (Å²) in [5.74, 6) is 0.0513. The van der Waals surface area contributed by atoms with Crippen LogP contribution in [0.1, 0.15) is 55.5 Å². The van der Waals surface area contributed by atoms with E-state index in [1.54, 1.807) is 4.90 Å². The van der Waals surface area contributed by atoms with E-state index < -0.39 is 0 Å². The molecule has 0 bridgehead atoms. The summed E-state index contributed by atoms with van der Waals surface area (Å²) in [6, 6.07) is 0.405. The van der Waals surface area contributed by atoms with Gasteiger partial charge >= 0.3 is 0 Å². The summed E-state index contributed by atoms with van der Waals surface area (Å²) >= 11 is 0. The molecule has 1 N–H and O–H groups in total. The van der Waals surface area contributed by atoms with E-state index in [2.05, 4.69) is 10.2 Å². The second-order valence-corrected chi connectivity index (χ2v) is 7.56. The minimum Gasteiger partial charge on any atom is -0.339 e. The molecule has 24 heavy (non-hydrogen) atoms. The summed E-state index contributed by atoms with van der Waals surface area (Å²) in [4.78, 5) is 28.5. The molecule has 0 radical (unpaired) electrons. The highest BCUT2D eigenvalue weighted by atomic mass is 16.2. The molecule has 1 atom stereocenters. The Morgan fingerprint density at radius 2 is 2.08 bits per heavy atom. The molecule has 1 aromatic heterocycles. The molecule has 0 aromatic carbocycles. The van der Waals surface area contributed by atoms with Crippen LogP contribution in [0.4, 0.5) is 0 Å². The quantitative estimate of drug-likeness (QED) is 0.854. The molecule has 1 aromatic rings. The number of hydrogen-bond donors (Lipinski definition) is 1. The van der Waals surface area contributed by atoms with Gasteiger partial charge in [-0.1, -0.05) is 6.42 Å². The van der Waals surface area contributed by atoms with E-state index >= 15 is 0 Å². The largest absolute Gasteiger partial charge is 0.339 e. The predicted molar refractivity (Wildman–Crippen MR) is 89.2 cm³/mol. The van der Waals surface area contributed by atoms with E-state index in [4.69, 9.17) is 0 Å². The number of hydrogen-bond acceptors (Lipinski definition) is 3. The summed E-state index contributed by atoms with van der Waals surface area (Å²) in [5.41, 5.74) is 3.57. The molecular weight excluding hydrogens is 304 g/mol. The van der Waals surface area contributed by atoms with Gasteiger partial charge in [-0.3, -0.25) is 14.7 Å². The van der Waals surface area contributed by atoms with Crippen molar-refractivity contribution >= 4 is 11.8 Å². The molecule has 2 aliphatic carbocycles. The molecule has 6 nitrogen and oxygen atoms in total. The molecule has 2 heterocycles. The Balaban J connectivity index is 1.41. The zero-order valence-electron chi connectivity index (χ0n) is 14.4. The number of aromatic amines is 1. The van der Waals surface area contributed by atoms with Crippen molar-refractivity contribution in [1.82, 2.24) is 20.0 Å². The van der Waals surface area contributed by atoms with Crippen molar-refractivity contribution in [1.29, 1.82) is 0 Å². The van der Waals surface area contributed by atoms with Gasteiger partial charge in [0.2, 0.25) is 11.8 Å². The Morgan fingerprint density at radius 3 is 2.88 bits per heavy atom. The van der Waals surface area contributed by atoms with Crippen LogP contribution in [-0.4, -0.2) is 51.4 Å². The van der Waals surface area contributed by atoms with Gasteiger partial charge in [-0.2, -0.15) is 5.10 Å². The minimum atomic E-state index is -0.180. The first-order valence-corrected chi connectivity index (χ1v) is 9.23. The Kier molecular flexibility index (Phi) is 4.06. The maximum atomic E-state index is 12.8. The number of carbonyl (C=O) groups excluding carboxylic acids is 2. The third kappa shape index (κ3) is 2.94. The van der Waals surface area contributed by atoms with Gasteiger partial charge in [0.15, 0.2) is 0 Å². The van der Waals surface area contributed by atoms with E-state index in [1.807, 2.05) is 11.9 Å². The third-order valence-electron chi connectivity index (χ3n) is 5.65. The molecule has 0 spiro atoms. The van der Waals surface area contributed by atoms with Gasteiger partial charge in [-0.15, -0.1) is 0 Å². The fourth-order valence-corrected chi connectivity index (χ4v) is 4.11. The molecular formula is C18H26N4O2. The summed E-state index contributed by atoms with van der Waals surface area (Å²) < 4.78 is 0. The number of fused-ring (bicyclic) bond motifs is 1. The first-order valence-electron chi connectivity index (χ1n) is 9.23. The van der Waals surface area contributed by atoms with Crippen molar-refractivity contribution < 1.29 is 9.59 Å². The molecule has 2 amide bonds. The normalized spacial score (nSPS) is 24.0. The highest BCUT2D eigenvalue weighted by Gasteiger charge is 2.42. The average molecular weight is 330 g/mol. The molecule has 6 heteroatoms. The molecule has 1 aliphatic heterocycles. The van der Waals surface area contributed by atoms with Crippen molar-refractivity contribution in [3.05, 3.63) is 17.0 Å². The molecule has 2 fully saturated rings. The van der Waals surface area contributed by atoms with Gasteiger partial charge in [-0.05, 0) is 44.1 Å². The first kappa shape index (κ1) is 15.7. The zero-order chi connectivity index (χ0) is 16.7. The lowest BCUT2D eigenvalue weighted by Gasteiger charge is -2.21. The summed E-state index contributed by atoms with van der Waals surface area (Å²) in [7, 11) is 1.84. The van der Waals surface area contributed by atoms with Crippen molar-refractivity contribution in [2.24, 2.45) is 5.92 Å². The summed E-state index contributed by atoms with van der Waals surface area (Å²) in [5, 5.41) is 7.63. The highest BCUT2D eigenvalue weighted by molar-refractivity contribution is 5.89. The fourth-order valence-electron chi connectivity index (χ4n) is 4.11. The number of nitrogens with zero attached hydrogens (tertiary/aromatic N) is 3. The van der Waals surface area contributed by atoms with Gasteiger partial charge in [-0.25, -0.2) is 0 Å². The van der Waals surface area contributed by atoms with Crippen molar-refractivity contribution in [2.75, 3.05) is 13.6 Å². The molecule has 130 valence electrons. The number of amides is 2. The van der Waals surface area contributed by atoms with Crippen molar-refractivity contribution in [3.63, 3.8) is 0 Å². The Morgan fingerprint density at radius 1 is 1.29 bits per heavy atom. The van der Waals surface area contributed by atoms with Gasteiger partial charge in [0.1, 0.15) is 0 Å². The monoisotopic (exact) mass is 330 g/mol. The Bertz CT molecular complexity index is 649. The van der Waals surface area contributed by atoms with Gasteiger partial charge in [0.05, 0.1) is 18.2 Å². The van der Waals surface area contributed by atoms with Crippen LogP contribution in [0.15, 0.2) is 0 Å². The fraction of sp³-hybridized carbons (Fsp3) is 0.722. The van der Waals surface area contributed by atoms with Gasteiger partial charge < -0.3 is 9.80 Å². The Hall–Kier alpha value is -1.85. The minimum absolute atomic E-state index is 0.0804. The number of aryl methyl sites for hydroxylation is 1. The summed E-state index contributed by atoms with van der Waals surface area (Å²) in [6.45, 7) is 1.14. The summed E-state index contributed by atoms with van der Waals surface area (Å²) in [6.07, 6.45) is 8.36. The third-order valence-corrected chi connectivity index (χ3v) is 5.65. The predicted octanol–water partition coefficient (Wildman–Crippen LogP) is 1.65. The molecule has 1 saturated carbocycles. The van der Waals surface area contributed by atoms with Crippen LogP contribution >= 0.6 is 0 Å². The maximum absolute atomic E-state index is 12.8. The highest BCUT2D eigenvalue weighted by Crippen LogP contribution is 2.33. The van der Waals surface area contributed by atoms with Gasteiger partial charge in [0.25, 0.3) is 0 Å². The SMILES string of the molecule is CN(Cc1n[nH]c2c1CCCCC2)C(=O)[C@@H]1CC(=O)N(C2CC2)C1. The number of likely N-dealkylation sites (tertiary alicyclic amines) is 1. The van der Waals surface area contributed by atoms with Crippen LogP contribution in [0.3, 0.4) is 0 Å². The standard InChI is InChI=1S/C18H26N4O2/c1-21(11-16-14-5-3-2-4-6-15(14)19-20-16)18(24)12-9-17(23)22(10-12)13-7-8-13/h12-13H,2-11H2,1H3,(H,19,20)/t12-/m1/s1. The lowest BCUT2D eigenvalue weighted by atomic mass is 10.1. The van der Waals surface area contributed by atoms with E-state index in [9.17, 15) is 9.59 Å². The Labute approximate surface area is 142 Å². The van der Waals surface area contributed by atoms with E-state index in [-0.39, 0.29) is 17.7 Å². The topological polar surface area (TPSA) is 69.3 Å². The van der Waals surface area contributed by atoms with Crippen LogP contribution in [0.5, 0.6) is 0 Å². The average Bonchev–Trinajstić information content (AvgIpc) is 3.30. The van der Waals surface area contributed by atoms with Gasteiger partial charge in [0, 0.05) is 31.7 Å². The number of rotatable bonds is 4. The van der Waals surface area contributed by atoms with Crippen LogP contribution in [0.25, 0.3) is 0 Å². The molecule has 1 saturated heterocycles. The zero-order valence-corrected chi connectivity index (χ0v) is 14.4. The van der Waals surface area contributed by atoms with Crippen LogP contribution < -0.4 is 0 Å². The van der Waals surface area contributed by atoms with E-state index in [0.717, 1.165) is 31.4 Å². The van der Waals surface area contributed by atoms with E-state index in [1.165, 1.54) is 30.5 Å². The smallest absolute Gasteiger partial charge is 0.228 e. The lowest BCUT2D eigenvalue weighted by molar-refractivity contribution is -0.135. The number of nitrogens with one attached hydrogen (secondary N) is 1. The lowest BCUT2D eigenvalue weighted by Crippen LogP contribution is -2.35. The number of H-pyrrole nitrogens is 1. The number of aromatic nitrogens is 2. The van der Waals surface area contributed by atoms with Crippen molar-refractivity contribution in [2.45, 2.75) is 64.0 Å². The molecule has 0 unspecified atom stereocenters. The van der Waals surface area contributed by atoms with Crippen LogP contribution in [-0.2, 0) is 29.0 Å². The maximum Gasteiger partial charge on any atom is 0.228 e. The van der Waals surface area contributed by atoms with Crippen molar-refractivity contribution in [3.8, 4) is 0 Å². The number of carbonyl (C=O) groups is 2. The molecule has 4 rings (SSSR count). The van der Waals surface area contributed by atoms with Crippen LogP contribution in [0.2, 0.25) is 0 Å². The second-order valence-electron chi connectivity index (χ2n) is 7.56. The second kappa shape index (κ2) is 6.22.